The number of carbonyl (C=O) groups excluding carboxylic acids is 1. The Labute approximate surface area is 187 Å². The fourth-order valence-corrected chi connectivity index (χ4v) is 3.38. The highest BCUT2D eigenvalue weighted by Gasteiger charge is 2.15. The van der Waals surface area contributed by atoms with Crippen LogP contribution in [0.1, 0.15) is 18.1 Å². The molecule has 1 amide bonds. The third kappa shape index (κ3) is 5.36. The highest BCUT2D eigenvalue weighted by Crippen LogP contribution is 2.38. The van der Waals surface area contributed by atoms with Crippen LogP contribution in [-0.4, -0.2) is 31.5 Å². The van der Waals surface area contributed by atoms with E-state index in [-0.39, 0.29) is 11.5 Å². The number of rotatable bonds is 7. The van der Waals surface area contributed by atoms with Crippen LogP contribution >= 0.6 is 11.6 Å². The Morgan fingerprint density at radius 3 is 2.52 bits per heavy atom. The Kier molecular flexibility index (Phi) is 7.17. The van der Waals surface area contributed by atoms with Crippen molar-refractivity contribution in [2.75, 3.05) is 20.7 Å². The van der Waals surface area contributed by atoms with Crippen LogP contribution in [0.4, 0.5) is 0 Å². The van der Waals surface area contributed by atoms with Crippen molar-refractivity contribution in [3.05, 3.63) is 76.3 Å². The van der Waals surface area contributed by atoms with Crippen molar-refractivity contribution in [3.8, 4) is 17.6 Å². The molecule has 0 aromatic heterocycles. The second-order valence-corrected chi connectivity index (χ2v) is 7.51. The number of amides is 1. The van der Waals surface area contributed by atoms with E-state index in [1.165, 1.54) is 11.0 Å². The summed E-state index contributed by atoms with van der Waals surface area (Å²) in [7, 11) is 3.19. The van der Waals surface area contributed by atoms with Crippen molar-refractivity contribution in [2.45, 2.75) is 13.5 Å². The number of hydrogen-bond donors (Lipinski definition) is 0. The van der Waals surface area contributed by atoms with E-state index in [0.717, 1.165) is 16.3 Å². The maximum atomic E-state index is 12.1. The predicted octanol–water partition coefficient (Wildman–Crippen LogP) is 5.47. The largest absolute Gasteiger partial charge is 0.490 e. The van der Waals surface area contributed by atoms with Crippen LogP contribution in [0.2, 0.25) is 5.02 Å². The van der Waals surface area contributed by atoms with Gasteiger partial charge in [0.25, 0.3) is 5.91 Å². The zero-order valence-electron chi connectivity index (χ0n) is 17.7. The van der Waals surface area contributed by atoms with Crippen molar-refractivity contribution in [1.82, 2.24) is 4.90 Å². The van der Waals surface area contributed by atoms with Gasteiger partial charge in [-0.1, -0.05) is 48.0 Å². The van der Waals surface area contributed by atoms with Crippen LogP contribution in [0.25, 0.3) is 16.8 Å². The topological polar surface area (TPSA) is 62.6 Å². The van der Waals surface area contributed by atoms with Crippen molar-refractivity contribution in [1.29, 1.82) is 5.26 Å². The molecule has 0 aliphatic rings. The minimum absolute atomic E-state index is 0.00773. The molecule has 3 aromatic rings. The summed E-state index contributed by atoms with van der Waals surface area (Å²) >= 11 is 6.49. The quantitative estimate of drug-likeness (QED) is 0.365. The van der Waals surface area contributed by atoms with Gasteiger partial charge in [-0.25, -0.2) is 0 Å². The third-order valence-corrected chi connectivity index (χ3v) is 4.88. The normalized spacial score (nSPS) is 11.1. The molecule has 3 aromatic carbocycles. The van der Waals surface area contributed by atoms with Crippen molar-refractivity contribution in [2.24, 2.45) is 0 Å². The molecule has 0 fully saturated rings. The van der Waals surface area contributed by atoms with Gasteiger partial charge in [0.2, 0.25) is 0 Å². The number of likely N-dealkylation sites (N-methyl/N-ethyl adjacent to an activating group) is 1. The molecule has 6 heteroatoms. The molecule has 0 saturated heterocycles. The number of fused-ring (bicyclic) bond motifs is 1. The third-order valence-electron chi connectivity index (χ3n) is 4.60. The van der Waals surface area contributed by atoms with E-state index in [4.69, 9.17) is 21.1 Å². The molecule has 31 heavy (non-hydrogen) atoms. The second-order valence-electron chi connectivity index (χ2n) is 7.10. The molecule has 0 atom stereocenters. The zero-order valence-corrected chi connectivity index (χ0v) is 18.4. The van der Waals surface area contributed by atoms with Crippen molar-refractivity contribution >= 4 is 34.4 Å². The Morgan fingerprint density at radius 1 is 1.10 bits per heavy atom. The predicted molar refractivity (Wildman–Crippen MR) is 123 cm³/mol. The van der Waals surface area contributed by atoms with Gasteiger partial charge in [-0.15, -0.1) is 0 Å². The lowest BCUT2D eigenvalue weighted by atomic mass is 10.1. The summed E-state index contributed by atoms with van der Waals surface area (Å²) in [6, 6.07) is 19.6. The summed E-state index contributed by atoms with van der Waals surface area (Å²) < 4.78 is 11.7. The van der Waals surface area contributed by atoms with Crippen LogP contribution in [-0.2, 0) is 11.4 Å². The first-order valence-electron chi connectivity index (χ1n) is 9.83. The van der Waals surface area contributed by atoms with E-state index in [0.29, 0.717) is 35.3 Å². The maximum absolute atomic E-state index is 12.1. The van der Waals surface area contributed by atoms with E-state index in [2.05, 4.69) is 24.3 Å². The molecule has 3 rings (SSSR count). The molecule has 0 saturated carbocycles. The Bertz CT molecular complexity index is 1180. The van der Waals surface area contributed by atoms with Gasteiger partial charge in [0.05, 0.1) is 11.6 Å². The molecule has 0 aliphatic carbocycles. The smallest absolute Gasteiger partial charge is 0.264 e. The van der Waals surface area contributed by atoms with Gasteiger partial charge in [-0.05, 0) is 53.1 Å². The van der Waals surface area contributed by atoms with Crippen LogP contribution < -0.4 is 9.47 Å². The molecular weight excluding hydrogens is 412 g/mol. The van der Waals surface area contributed by atoms with Gasteiger partial charge < -0.3 is 14.4 Å². The van der Waals surface area contributed by atoms with Gasteiger partial charge in [-0.2, -0.15) is 5.26 Å². The highest BCUT2D eigenvalue weighted by atomic mass is 35.5. The van der Waals surface area contributed by atoms with E-state index in [1.54, 1.807) is 26.2 Å². The van der Waals surface area contributed by atoms with Crippen molar-refractivity contribution in [3.63, 3.8) is 0 Å². The highest BCUT2D eigenvalue weighted by molar-refractivity contribution is 6.32. The van der Waals surface area contributed by atoms with Crippen LogP contribution in [0.15, 0.2) is 60.2 Å². The van der Waals surface area contributed by atoms with E-state index in [9.17, 15) is 10.1 Å². The van der Waals surface area contributed by atoms with Gasteiger partial charge in [0.15, 0.2) is 11.5 Å². The summed E-state index contributed by atoms with van der Waals surface area (Å²) in [5.41, 5.74) is 1.59. The first-order chi connectivity index (χ1) is 14.9. The maximum Gasteiger partial charge on any atom is 0.264 e. The Morgan fingerprint density at radius 2 is 1.84 bits per heavy atom. The summed E-state index contributed by atoms with van der Waals surface area (Å²) in [6.45, 7) is 2.60. The number of nitriles is 1. The summed E-state index contributed by atoms with van der Waals surface area (Å²) in [5.74, 6) is 0.496. The SMILES string of the molecule is CCOc1cc(/C=C(/C#N)C(=O)N(C)C)cc(Cl)c1OCc1ccc2ccccc2c1. The minimum Gasteiger partial charge on any atom is -0.490 e. The molecule has 0 aliphatic heterocycles. The molecule has 0 heterocycles. The number of halogens is 1. The standard InChI is InChI=1S/C25H23ClN2O3/c1-4-30-23-14-18(12-21(15-27)25(29)28(2)3)13-22(26)24(23)31-16-17-9-10-19-7-5-6-8-20(19)11-17/h5-14H,4,16H2,1-3H3/b21-12-. The van der Waals surface area contributed by atoms with Crippen molar-refractivity contribution < 1.29 is 14.3 Å². The number of benzene rings is 3. The number of hydrogen-bond acceptors (Lipinski definition) is 4. The minimum atomic E-state index is -0.381. The first kappa shape index (κ1) is 22.2. The monoisotopic (exact) mass is 434 g/mol. The average molecular weight is 435 g/mol. The van der Waals surface area contributed by atoms with Gasteiger partial charge in [-0.3, -0.25) is 4.79 Å². The van der Waals surface area contributed by atoms with Crippen LogP contribution in [0.3, 0.4) is 0 Å². The number of carbonyl (C=O) groups is 1. The number of nitrogens with zero attached hydrogens (tertiary/aromatic N) is 2. The van der Waals surface area contributed by atoms with Crippen LogP contribution in [0.5, 0.6) is 11.5 Å². The van der Waals surface area contributed by atoms with E-state index >= 15 is 0 Å². The first-order valence-corrected chi connectivity index (χ1v) is 10.2. The lowest BCUT2D eigenvalue weighted by Gasteiger charge is -2.15. The lowest BCUT2D eigenvalue weighted by Crippen LogP contribution is -2.22. The zero-order chi connectivity index (χ0) is 22.4. The van der Waals surface area contributed by atoms with Gasteiger partial charge in [0, 0.05) is 14.1 Å². The summed E-state index contributed by atoms with van der Waals surface area (Å²) in [4.78, 5) is 13.5. The van der Waals surface area contributed by atoms with E-state index in [1.807, 2.05) is 31.2 Å². The lowest BCUT2D eigenvalue weighted by molar-refractivity contribution is -0.124. The van der Waals surface area contributed by atoms with Crippen LogP contribution in [0, 0.1) is 11.3 Å². The Hall–Kier alpha value is -3.49. The van der Waals surface area contributed by atoms with E-state index < -0.39 is 0 Å². The summed E-state index contributed by atoms with van der Waals surface area (Å²) in [5, 5.41) is 12.0. The fourth-order valence-electron chi connectivity index (χ4n) is 3.11. The number of ether oxygens (including phenoxy) is 2. The fraction of sp³-hybridized carbons (Fsp3) is 0.200. The second kappa shape index (κ2) is 10.0. The molecular formula is C25H23ClN2O3. The molecule has 0 N–H and O–H groups in total. The van der Waals surface area contributed by atoms with Gasteiger partial charge in [0.1, 0.15) is 18.2 Å². The molecule has 0 bridgehead atoms. The molecule has 158 valence electrons. The summed E-state index contributed by atoms with van der Waals surface area (Å²) in [6.07, 6.45) is 1.49. The Balaban J connectivity index is 1.89. The molecule has 0 radical (unpaired) electrons. The molecule has 0 unspecified atom stereocenters. The molecule has 5 nitrogen and oxygen atoms in total. The average Bonchev–Trinajstić information content (AvgIpc) is 2.76. The van der Waals surface area contributed by atoms with Gasteiger partial charge >= 0.3 is 0 Å². The molecule has 0 spiro atoms.